The summed E-state index contributed by atoms with van der Waals surface area (Å²) < 4.78 is 0. The monoisotopic (exact) mass is 505 g/mol. The largest absolute Gasteiger partial charge is 0.480 e. The van der Waals surface area contributed by atoms with E-state index in [0.29, 0.717) is 19.4 Å². The van der Waals surface area contributed by atoms with Gasteiger partial charge in [-0.3, -0.25) is 19.4 Å². The van der Waals surface area contributed by atoms with Gasteiger partial charge in [-0.25, -0.2) is 4.79 Å². The van der Waals surface area contributed by atoms with Gasteiger partial charge < -0.3 is 42.9 Å². The number of aliphatic imine (C=N–C) groups is 1. The molecule has 3 amide bonds. The Morgan fingerprint density at radius 3 is 2.28 bits per heavy atom. The van der Waals surface area contributed by atoms with E-state index in [0.717, 1.165) is 12.0 Å². The fraction of sp³-hybridized carbons (Fsp3) is 0.522. The van der Waals surface area contributed by atoms with Crippen molar-refractivity contribution in [2.24, 2.45) is 16.5 Å². The molecular weight excluding hydrogens is 470 g/mol. The molecule has 13 heteroatoms. The SMILES string of the molecule is NC(N)=NCCCC(NC(=O)C1CCCN1)C(=O)NC(Cc1ccccc1)C(=O)NC(CO)C(=O)O. The highest BCUT2D eigenvalue weighted by molar-refractivity contribution is 5.94. The summed E-state index contributed by atoms with van der Waals surface area (Å²) in [6, 6.07) is 4.76. The van der Waals surface area contributed by atoms with Gasteiger partial charge in [-0.1, -0.05) is 30.3 Å². The second-order valence-corrected chi connectivity index (χ2v) is 8.49. The number of nitrogens with one attached hydrogen (secondary N) is 4. The highest BCUT2D eigenvalue weighted by Crippen LogP contribution is 2.09. The van der Waals surface area contributed by atoms with Crippen molar-refractivity contribution in [2.75, 3.05) is 19.7 Å². The summed E-state index contributed by atoms with van der Waals surface area (Å²) in [5.74, 6) is -3.23. The molecule has 4 unspecified atom stereocenters. The molecule has 0 spiro atoms. The maximum absolute atomic E-state index is 13.2. The highest BCUT2D eigenvalue weighted by atomic mass is 16.4. The summed E-state index contributed by atoms with van der Waals surface area (Å²) in [6.07, 6.45) is 2.14. The lowest BCUT2D eigenvalue weighted by Gasteiger charge is -2.25. The van der Waals surface area contributed by atoms with E-state index < -0.39 is 48.6 Å². The van der Waals surface area contributed by atoms with Gasteiger partial charge in [0, 0.05) is 13.0 Å². The van der Waals surface area contributed by atoms with E-state index in [1.54, 1.807) is 30.3 Å². The lowest BCUT2D eigenvalue weighted by atomic mass is 10.0. The average Bonchev–Trinajstić information content (AvgIpc) is 3.39. The van der Waals surface area contributed by atoms with Crippen molar-refractivity contribution in [1.82, 2.24) is 21.3 Å². The Hall–Kier alpha value is -3.71. The molecule has 0 saturated carbocycles. The van der Waals surface area contributed by atoms with E-state index in [4.69, 9.17) is 11.5 Å². The Balaban J connectivity index is 2.17. The first kappa shape index (κ1) is 28.5. The Morgan fingerprint density at radius 2 is 1.69 bits per heavy atom. The molecule has 2 rings (SSSR count). The number of guanidine groups is 1. The minimum Gasteiger partial charge on any atom is -0.480 e. The zero-order valence-corrected chi connectivity index (χ0v) is 20.0. The lowest BCUT2D eigenvalue weighted by Crippen LogP contribution is -2.58. The quantitative estimate of drug-likeness (QED) is 0.0763. The summed E-state index contributed by atoms with van der Waals surface area (Å²) in [7, 11) is 0. The van der Waals surface area contributed by atoms with Gasteiger partial charge in [-0.2, -0.15) is 0 Å². The maximum atomic E-state index is 13.2. The Labute approximate surface area is 209 Å². The van der Waals surface area contributed by atoms with E-state index in [-0.39, 0.29) is 31.3 Å². The van der Waals surface area contributed by atoms with Gasteiger partial charge in [0.05, 0.1) is 12.6 Å². The first-order chi connectivity index (χ1) is 17.2. The number of rotatable bonds is 14. The number of carboxylic acid groups (broad SMARTS) is 1. The number of aliphatic hydroxyl groups excluding tert-OH is 1. The van der Waals surface area contributed by atoms with Crippen LogP contribution in [0.2, 0.25) is 0 Å². The van der Waals surface area contributed by atoms with Crippen LogP contribution in [-0.4, -0.2) is 83.7 Å². The number of carbonyl (C=O) groups excluding carboxylic acids is 3. The topological polar surface area (TPSA) is 221 Å². The molecule has 1 aromatic carbocycles. The van der Waals surface area contributed by atoms with Crippen LogP contribution < -0.4 is 32.7 Å². The van der Waals surface area contributed by atoms with Gasteiger partial charge in [-0.05, 0) is 37.8 Å². The van der Waals surface area contributed by atoms with E-state index in [1.807, 2.05) is 0 Å². The van der Waals surface area contributed by atoms with E-state index in [1.165, 1.54) is 0 Å². The minimum absolute atomic E-state index is 0.0645. The van der Waals surface area contributed by atoms with E-state index in [2.05, 4.69) is 26.3 Å². The fourth-order valence-electron chi connectivity index (χ4n) is 3.74. The number of amides is 3. The van der Waals surface area contributed by atoms with Gasteiger partial charge in [0.15, 0.2) is 5.96 Å². The molecule has 1 aliphatic rings. The van der Waals surface area contributed by atoms with Crippen LogP contribution in [0.15, 0.2) is 35.3 Å². The number of carboxylic acids is 1. The summed E-state index contributed by atoms with van der Waals surface area (Å²) in [6.45, 7) is 0.133. The zero-order valence-electron chi connectivity index (χ0n) is 20.0. The molecule has 0 aliphatic carbocycles. The van der Waals surface area contributed by atoms with Crippen molar-refractivity contribution in [1.29, 1.82) is 0 Å². The molecule has 1 saturated heterocycles. The standard InChI is InChI=1S/C23H35N7O6/c24-23(25)27-11-5-9-16(28-19(32)15-8-4-10-26-15)20(33)29-17(12-14-6-2-1-3-7-14)21(34)30-18(13-31)22(35)36/h1-3,6-7,15-18,26,31H,4-5,8-13H2,(H,28,32)(H,29,33)(H,30,34)(H,35,36)(H4,24,25,27). The first-order valence-corrected chi connectivity index (χ1v) is 11.8. The van der Waals surface area contributed by atoms with Gasteiger partial charge in [-0.15, -0.1) is 0 Å². The van der Waals surface area contributed by atoms with Crippen LogP contribution in [0.3, 0.4) is 0 Å². The van der Waals surface area contributed by atoms with Crippen LogP contribution >= 0.6 is 0 Å². The summed E-state index contributed by atoms with van der Waals surface area (Å²) in [4.78, 5) is 54.0. The molecule has 1 fully saturated rings. The molecule has 36 heavy (non-hydrogen) atoms. The zero-order chi connectivity index (χ0) is 26.5. The molecule has 1 aliphatic heterocycles. The van der Waals surface area contributed by atoms with Crippen molar-refractivity contribution >= 4 is 29.7 Å². The fourth-order valence-corrected chi connectivity index (χ4v) is 3.74. The Kier molecular flexibility index (Phi) is 11.6. The summed E-state index contributed by atoms with van der Waals surface area (Å²) in [5, 5.41) is 29.1. The number of nitrogens with zero attached hydrogens (tertiary/aromatic N) is 1. The predicted octanol–water partition coefficient (Wildman–Crippen LogP) is -2.43. The van der Waals surface area contributed by atoms with Gasteiger partial charge in [0.2, 0.25) is 17.7 Å². The van der Waals surface area contributed by atoms with Crippen LogP contribution in [0.25, 0.3) is 0 Å². The normalized spacial score (nSPS) is 17.3. The number of nitrogens with two attached hydrogens (primary N) is 2. The second-order valence-electron chi connectivity index (χ2n) is 8.49. The van der Waals surface area contributed by atoms with Crippen molar-refractivity contribution in [3.8, 4) is 0 Å². The Morgan fingerprint density at radius 1 is 1.03 bits per heavy atom. The third kappa shape index (κ3) is 9.50. The predicted molar refractivity (Wildman–Crippen MR) is 132 cm³/mol. The van der Waals surface area contributed by atoms with Crippen molar-refractivity contribution < 1.29 is 29.4 Å². The summed E-state index contributed by atoms with van der Waals surface area (Å²) >= 11 is 0. The van der Waals surface area contributed by atoms with Gasteiger partial charge >= 0.3 is 5.97 Å². The third-order valence-corrected chi connectivity index (χ3v) is 5.67. The molecule has 4 atom stereocenters. The summed E-state index contributed by atoms with van der Waals surface area (Å²) in [5.41, 5.74) is 11.4. The molecule has 1 aromatic rings. The second kappa shape index (κ2) is 14.6. The molecule has 0 bridgehead atoms. The van der Waals surface area contributed by atoms with Crippen LogP contribution in [0.5, 0.6) is 0 Å². The van der Waals surface area contributed by atoms with Crippen molar-refractivity contribution in [2.45, 2.75) is 56.3 Å². The van der Waals surface area contributed by atoms with Crippen LogP contribution in [0.1, 0.15) is 31.2 Å². The molecular formula is C23H35N7O6. The van der Waals surface area contributed by atoms with Gasteiger partial charge in [0.1, 0.15) is 18.1 Å². The van der Waals surface area contributed by atoms with E-state index >= 15 is 0 Å². The average molecular weight is 506 g/mol. The van der Waals surface area contributed by atoms with E-state index in [9.17, 15) is 29.4 Å². The van der Waals surface area contributed by atoms with Gasteiger partial charge in [0.25, 0.3) is 0 Å². The molecule has 10 N–H and O–H groups in total. The molecule has 1 heterocycles. The molecule has 0 radical (unpaired) electrons. The van der Waals surface area contributed by atoms with Crippen LogP contribution in [0.4, 0.5) is 0 Å². The number of hydrogen-bond donors (Lipinski definition) is 8. The lowest BCUT2D eigenvalue weighted by molar-refractivity contribution is -0.143. The number of aliphatic hydroxyl groups is 1. The molecule has 198 valence electrons. The maximum Gasteiger partial charge on any atom is 0.328 e. The highest BCUT2D eigenvalue weighted by Gasteiger charge is 2.31. The van der Waals surface area contributed by atoms with Crippen LogP contribution in [0, 0.1) is 0 Å². The Bertz CT molecular complexity index is 917. The number of aliphatic carboxylic acids is 1. The molecule has 13 nitrogen and oxygen atoms in total. The first-order valence-electron chi connectivity index (χ1n) is 11.8. The number of benzene rings is 1. The number of hydrogen-bond acceptors (Lipinski definition) is 7. The molecule has 0 aromatic heterocycles. The van der Waals surface area contributed by atoms with Crippen molar-refractivity contribution in [3.63, 3.8) is 0 Å². The van der Waals surface area contributed by atoms with Crippen LogP contribution in [-0.2, 0) is 25.6 Å². The number of carbonyl (C=O) groups is 4. The smallest absolute Gasteiger partial charge is 0.328 e. The minimum atomic E-state index is -1.53. The third-order valence-electron chi connectivity index (χ3n) is 5.67. The van der Waals surface area contributed by atoms with Crippen molar-refractivity contribution in [3.05, 3.63) is 35.9 Å².